The first-order valence-corrected chi connectivity index (χ1v) is 5.96. The average molecular weight is 238 g/mol. The summed E-state index contributed by atoms with van der Waals surface area (Å²) in [4.78, 5) is 11.0. The SMILES string of the molecule is CCCN(CCC)c1cnc(C(N)=S)cn1. The van der Waals surface area contributed by atoms with Gasteiger partial charge in [0, 0.05) is 13.1 Å². The highest BCUT2D eigenvalue weighted by Gasteiger charge is 2.07. The van der Waals surface area contributed by atoms with Crippen LogP contribution >= 0.6 is 12.2 Å². The van der Waals surface area contributed by atoms with Gasteiger partial charge in [-0.25, -0.2) is 9.97 Å². The molecule has 0 aliphatic heterocycles. The van der Waals surface area contributed by atoms with Gasteiger partial charge in [0.25, 0.3) is 0 Å². The minimum atomic E-state index is 0.289. The largest absolute Gasteiger partial charge is 0.388 e. The maximum absolute atomic E-state index is 5.47. The van der Waals surface area contributed by atoms with E-state index in [0.29, 0.717) is 5.69 Å². The summed E-state index contributed by atoms with van der Waals surface area (Å²) in [5, 5.41) is 0. The monoisotopic (exact) mass is 238 g/mol. The van der Waals surface area contributed by atoms with Crippen molar-refractivity contribution >= 4 is 23.0 Å². The number of hydrogen-bond acceptors (Lipinski definition) is 4. The number of anilines is 1. The second kappa shape index (κ2) is 6.37. The molecule has 88 valence electrons. The molecule has 0 aliphatic carbocycles. The van der Waals surface area contributed by atoms with Crippen LogP contribution in [-0.2, 0) is 0 Å². The Kier molecular flexibility index (Phi) is 5.11. The van der Waals surface area contributed by atoms with Crippen molar-refractivity contribution in [3.05, 3.63) is 18.1 Å². The predicted molar refractivity (Wildman–Crippen MR) is 70.7 cm³/mol. The summed E-state index contributed by atoms with van der Waals surface area (Å²) in [5.41, 5.74) is 6.05. The molecule has 0 amide bonds. The van der Waals surface area contributed by atoms with Gasteiger partial charge in [-0.1, -0.05) is 26.1 Å². The fourth-order valence-corrected chi connectivity index (χ4v) is 1.60. The molecule has 0 saturated heterocycles. The van der Waals surface area contributed by atoms with Crippen LogP contribution in [0.4, 0.5) is 5.82 Å². The van der Waals surface area contributed by atoms with E-state index in [1.54, 1.807) is 12.4 Å². The van der Waals surface area contributed by atoms with Crippen LogP contribution in [0.5, 0.6) is 0 Å². The molecular formula is C11H18N4S. The molecule has 0 atom stereocenters. The highest BCUT2D eigenvalue weighted by molar-refractivity contribution is 7.80. The second-order valence-corrected chi connectivity index (χ2v) is 4.05. The van der Waals surface area contributed by atoms with E-state index in [1.165, 1.54) is 0 Å². The standard InChI is InChI=1S/C11H18N4S/c1-3-5-15(6-4-2)10-8-13-9(7-14-10)11(12)16/h7-8H,3-6H2,1-2H3,(H2,12,16). The maximum atomic E-state index is 5.47. The van der Waals surface area contributed by atoms with Crippen molar-refractivity contribution in [2.24, 2.45) is 5.73 Å². The lowest BCUT2D eigenvalue weighted by Gasteiger charge is -2.21. The highest BCUT2D eigenvalue weighted by atomic mass is 32.1. The van der Waals surface area contributed by atoms with Gasteiger partial charge in [0.15, 0.2) is 0 Å². The number of aromatic nitrogens is 2. The zero-order valence-corrected chi connectivity index (χ0v) is 10.6. The van der Waals surface area contributed by atoms with E-state index in [4.69, 9.17) is 18.0 Å². The summed E-state index contributed by atoms with van der Waals surface area (Å²) in [7, 11) is 0. The van der Waals surface area contributed by atoms with Crippen molar-refractivity contribution in [2.75, 3.05) is 18.0 Å². The van der Waals surface area contributed by atoms with E-state index in [-0.39, 0.29) is 4.99 Å². The van der Waals surface area contributed by atoms with Crippen molar-refractivity contribution in [3.63, 3.8) is 0 Å². The molecule has 0 radical (unpaired) electrons. The first-order valence-electron chi connectivity index (χ1n) is 5.55. The third-order valence-corrected chi connectivity index (χ3v) is 2.41. The Morgan fingerprint density at radius 1 is 1.25 bits per heavy atom. The Morgan fingerprint density at radius 3 is 2.25 bits per heavy atom. The lowest BCUT2D eigenvalue weighted by Crippen LogP contribution is -2.26. The third-order valence-electron chi connectivity index (χ3n) is 2.20. The number of rotatable bonds is 6. The molecule has 1 aromatic heterocycles. The van der Waals surface area contributed by atoms with E-state index in [1.807, 2.05) is 0 Å². The van der Waals surface area contributed by atoms with Crippen LogP contribution in [-0.4, -0.2) is 28.0 Å². The van der Waals surface area contributed by atoms with Gasteiger partial charge < -0.3 is 10.6 Å². The van der Waals surface area contributed by atoms with Crippen LogP contribution in [0.2, 0.25) is 0 Å². The first kappa shape index (κ1) is 12.8. The van der Waals surface area contributed by atoms with Gasteiger partial charge in [0.1, 0.15) is 16.5 Å². The van der Waals surface area contributed by atoms with Crippen molar-refractivity contribution in [1.29, 1.82) is 0 Å². The third kappa shape index (κ3) is 3.41. The summed E-state index contributed by atoms with van der Waals surface area (Å²) in [6, 6.07) is 0. The van der Waals surface area contributed by atoms with Gasteiger partial charge >= 0.3 is 0 Å². The number of nitrogens with two attached hydrogens (primary N) is 1. The van der Waals surface area contributed by atoms with Crippen molar-refractivity contribution in [1.82, 2.24) is 9.97 Å². The summed E-state index contributed by atoms with van der Waals surface area (Å²) in [5.74, 6) is 0.892. The molecule has 0 aromatic carbocycles. The molecular weight excluding hydrogens is 220 g/mol. The Bertz CT molecular complexity index is 330. The van der Waals surface area contributed by atoms with E-state index in [2.05, 4.69) is 28.7 Å². The molecule has 4 nitrogen and oxygen atoms in total. The second-order valence-electron chi connectivity index (χ2n) is 3.61. The van der Waals surface area contributed by atoms with Gasteiger partial charge in [-0.2, -0.15) is 0 Å². The number of thiocarbonyl (C=S) groups is 1. The van der Waals surface area contributed by atoms with Crippen LogP contribution in [0.15, 0.2) is 12.4 Å². The summed E-state index contributed by atoms with van der Waals surface area (Å²) in [6.07, 6.45) is 5.56. The van der Waals surface area contributed by atoms with E-state index in [0.717, 1.165) is 31.7 Å². The number of nitrogens with zero attached hydrogens (tertiary/aromatic N) is 3. The Balaban J connectivity index is 2.80. The van der Waals surface area contributed by atoms with Gasteiger partial charge in [0.05, 0.1) is 12.4 Å². The molecule has 0 bridgehead atoms. The zero-order valence-electron chi connectivity index (χ0n) is 9.81. The molecule has 0 unspecified atom stereocenters. The van der Waals surface area contributed by atoms with Crippen LogP contribution in [0.3, 0.4) is 0 Å². The molecule has 0 saturated carbocycles. The lowest BCUT2D eigenvalue weighted by atomic mass is 10.3. The summed E-state index contributed by atoms with van der Waals surface area (Å²) < 4.78 is 0. The van der Waals surface area contributed by atoms with Gasteiger partial charge in [-0.05, 0) is 12.8 Å². The van der Waals surface area contributed by atoms with Crippen molar-refractivity contribution in [2.45, 2.75) is 26.7 Å². The van der Waals surface area contributed by atoms with Crippen LogP contribution in [0.25, 0.3) is 0 Å². The quantitative estimate of drug-likeness (QED) is 0.765. The molecule has 1 rings (SSSR count). The minimum Gasteiger partial charge on any atom is -0.388 e. The molecule has 1 aromatic rings. The zero-order chi connectivity index (χ0) is 12.0. The predicted octanol–water partition coefficient (Wildman–Crippen LogP) is 1.74. The summed E-state index contributed by atoms with van der Waals surface area (Å²) in [6.45, 7) is 6.29. The molecule has 0 aliphatic rings. The molecule has 16 heavy (non-hydrogen) atoms. The molecule has 0 fully saturated rings. The van der Waals surface area contributed by atoms with Gasteiger partial charge in [-0.15, -0.1) is 0 Å². The van der Waals surface area contributed by atoms with E-state index >= 15 is 0 Å². The first-order chi connectivity index (χ1) is 7.69. The Morgan fingerprint density at radius 2 is 1.88 bits per heavy atom. The lowest BCUT2D eigenvalue weighted by molar-refractivity contribution is 0.731. The molecule has 5 heteroatoms. The topological polar surface area (TPSA) is 55.0 Å². The molecule has 2 N–H and O–H groups in total. The van der Waals surface area contributed by atoms with Crippen LogP contribution in [0, 0.1) is 0 Å². The normalized spacial score (nSPS) is 10.1. The molecule has 1 heterocycles. The van der Waals surface area contributed by atoms with Gasteiger partial charge in [-0.3, -0.25) is 0 Å². The van der Waals surface area contributed by atoms with Crippen LogP contribution in [0.1, 0.15) is 32.4 Å². The maximum Gasteiger partial charge on any atom is 0.147 e. The Labute approximate surface area is 102 Å². The summed E-state index contributed by atoms with van der Waals surface area (Å²) >= 11 is 4.84. The van der Waals surface area contributed by atoms with E-state index in [9.17, 15) is 0 Å². The minimum absolute atomic E-state index is 0.289. The highest BCUT2D eigenvalue weighted by Crippen LogP contribution is 2.10. The number of hydrogen-bond donors (Lipinski definition) is 1. The van der Waals surface area contributed by atoms with Crippen LogP contribution < -0.4 is 10.6 Å². The van der Waals surface area contributed by atoms with Crippen molar-refractivity contribution in [3.8, 4) is 0 Å². The Hall–Kier alpha value is -1.23. The molecule has 0 spiro atoms. The fourth-order valence-electron chi connectivity index (χ4n) is 1.49. The average Bonchev–Trinajstić information content (AvgIpc) is 2.29. The van der Waals surface area contributed by atoms with Crippen molar-refractivity contribution < 1.29 is 0 Å². The van der Waals surface area contributed by atoms with E-state index < -0.39 is 0 Å². The smallest absolute Gasteiger partial charge is 0.147 e. The fraction of sp³-hybridized carbons (Fsp3) is 0.545. The van der Waals surface area contributed by atoms with Gasteiger partial charge in [0.2, 0.25) is 0 Å².